The van der Waals surface area contributed by atoms with E-state index in [1.54, 1.807) is 0 Å². The summed E-state index contributed by atoms with van der Waals surface area (Å²) in [4.78, 5) is 11.7. The molecule has 1 saturated heterocycles. The van der Waals surface area contributed by atoms with Crippen molar-refractivity contribution in [3.05, 3.63) is 0 Å². The molecule has 1 amide bonds. The molecule has 1 rings (SSSR count). The molecular weight excluding hydrogens is 314 g/mol. The Balaban J connectivity index is 2.45. The maximum Gasteiger partial charge on any atom is 0.226 e. The molecule has 1 atom stereocenters. The second-order valence-electron chi connectivity index (χ2n) is 3.88. The minimum Gasteiger partial charge on any atom is -0.381 e. The monoisotopic (exact) mass is 327 g/mol. The van der Waals surface area contributed by atoms with Crippen LogP contribution in [0, 0.1) is 5.92 Å². The van der Waals surface area contributed by atoms with Crippen LogP contribution in [0.2, 0.25) is 0 Å². The van der Waals surface area contributed by atoms with E-state index in [0.29, 0.717) is 13.2 Å². The summed E-state index contributed by atoms with van der Waals surface area (Å²) in [6.45, 7) is 3.27. The highest BCUT2D eigenvalue weighted by molar-refractivity contribution is 9.09. The molecule has 1 heterocycles. The summed E-state index contributed by atoms with van der Waals surface area (Å²) in [6.07, 6.45) is 0.840. The molecule has 1 aliphatic heterocycles. The zero-order valence-electron chi connectivity index (χ0n) is 8.19. The fourth-order valence-electron chi connectivity index (χ4n) is 1.24. The SMILES string of the molecule is CC(CBr)(CBr)NC(=O)C1CCOC1. The number of carbonyl (C=O) groups excluding carboxylic acids is 1. The third kappa shape index (κ3) is 3.21. The van der Waals surface area contributed by atoms with Crippen LogP contribution in [0.5, 0.6) is 0 Å². The second-order valence-corrected chi connectivity index (χ2v) is 5.00. The van der Waals surface area contributed by atoms with Crippen molar-refractivity contribution >= 4 is 37.8 Å². The molecule has 0 aliphatic carbocycles. The highest BCUT2D eigenvalue weighted by atomic mass is 79.9. The number of carbonyl (C=O) groups is 1. The van der Waals surface area contributed by atoms with Gasteiger partial charge in [-0.15, -0.1) is 0 Å². The number of hydrogen-bond acceptors (Lipinski definition) is 2. The van der Waals surface area contributed by atoms with Gasteiger partial charge >= 0.3 is 0 Å². The first-order chi connectivity index (χ1) is 6.61. The van der Waals surface area contributed by atoms with E-state index in [4.69, 9.17) is 4.74 Å². The molecule has 0 aromatic rings. The third-order valence-electron chi connectivity index (χ3n) is 2.32. The smallest absolute Gasteiger partial charge is 0.226 e. The van der Waals surface area contributed by atoms with Crippen LogP contribution in [0.25, 0.3) is 0 Å². The molecule has 1 aliphatic rings. The quantitative estimate of drug-likeness (QED) is 0.797. The Morgan fingerprint density at radius 3 is 2.64 bits per heavy atom. The van der Waals surface area contributed by atoms with Gasteiger partial charge in [-0.3, -0.25) is 4.79 Å². The van der Waals surface area contributed by atoms with Crippen molar-refractivity contribution in [2.24, 2.45) is 5.92 Å². The molecule has 14 heavy (non-hydrogen) atoms. The van der Waals surface area contributed by atoms with E-state index in [9.17, 15) is 4.79 Å². The fourth-order valence-corrected chi connectivity index (χ4v) is 2.45. The summed E-state index contributed by atoms with van der Waals surface area (Å²) >= 11 is 6.79. The number of halogens is 2. The number of ether oxygens (including phenoxy) is 1. The average Bonchev–Trinajstić information content (AvgIpc) is 2.70. The first-order valence-electron chi connectivity index (χ1n) is 4.63. The van der Waals surface area contributed by atoms with Gasteiger partial charge in [0, 0.05) is 17.3 Å². The van der Waals surface area contributed by atoms with Crippen molar-refractivity contribution < 1.29 is 9.53 Å². The van der Waals surface area contributed by atoms with Crippen molar-refractivity contribution in [3.63, 3.8) is 0 Å². The lowest BCUT2D eigenvalue weighted by molar-refractivity contribution is -0.126. The van der Waals surface area contributed by atoms with Crippen LogP contribution < -0.4 is 5.32 Å². The topological polar surface area (TPSA) is 38.3 Å². The first kappa shape index (κ1) is 12.5. The van der Waals surface area contributed by atoms with Crippen LogP contribution in [0.1, 0.15) is 13.3 Å². The molecule has 5 heteroatoms. The van der Waals surface area contributed by atoms with Crippen LogP contribution >= 0.6 is 31.9 Å². The Hall–Kier alpha value is 0.390. The predicted molar refractivity (Wildman–Crippen MR) is 63.1 cm³/mol. The summed E-state index contributed by atoms with van der Waals surface area (Å²) in [5.41, 5.74) is -0.209. The van der Waals surface area contributed by atoms with Crippen molar-refractivity contribution in [1.29, 1.82) is 0 Å². The Labute approximate surface area is 101 Å². The molecule has 0 aromatic heterocycles. The first-order valence-corrected chi connectivity index (χ1v) is 6.87. The Bertz CT molecular complexity index is 201. The maximum atomic E-state index is 11.7. The van der Waals surface area contributed by atoms with Gasteiger partial charge in [0.05, 0.1) is 18.1 Å². The molecule has 0 aromatic carbocycles. The Kier molecular flexibility index (Phi) is 4.87. The third-order valence-corrected chi connectivity index (χ3v) is 4.79. The van der Waals surface area contributed by atoms with E-state index < -0.39 is 0 Å². The Morgan fingerprint density at radius 2 is 2.21 bits per heavy atom. The fraction of sp³-hybridized carbons (Fsp3) is 0.889. The minimum absolute atomic E-state index is 0.0347. The maximum absolute atomic E-state index is 11.7. The van der Waals surface area contributed by atoms with Crippen LogP contribution in [0.15, 0.2) is 0 Å². The molecule has 0 saturated carbocycles. The molecule has 0 bridgehead atoms. The molecule has 0 spiro atoms. The van der Waals surface area contributed by atoms with Gasteiger partial charge in [0.15, 0.2) is 0 Å². The molecule has 0 radical (unpaired) electrons. The summed E-state index contributed by atoms with van der Waals surface area (Å²) < 4.78 is 5.18. The lowest BCUT2D eigenvalue weighted by Crippen LogP contribution is -2.51. The van der Waals surface area contributed by atoms with E-state index in [2.05, 4.69) is 37.2 Å². The zero-order chi connectivity index (χ0) is 10.6. The highest BCUT2D eigenvalue weighted by Gasteiger charge is 2.29. The van der Waals surface area contributed by atoms with Crippen molar-refractivity contribution in [2.75, 3.05) is 23.9 Å². The van der Waals surface area contributed by atoms with Crippen molar-refractivity contribution in [1.82, 2.24) is 5.32 Å². The molecule has 1 fully saturated rings. The zero-order valence-corrected chi connectivity index (χ0v) is 11.4. The normalized spacial score (nSPS) is 22.4. The van der Waals surface area contributed by atoms with Crippen LogP contribution in [0.4, 0.5) is 0 Å². The summed E-state index contributed by atoms with van der Waals surface area (Å²) in [6, 6.07) is 0. The summed E-state index contributed by atoms with van der Waals surface area (Å²) in [5.74, 6) is 0.135. The second kappa shape index (κ2) is 5.47. The molecular formula is C9H15Br2NO2. The van der Waals surface area contributed by atoms with Gasteiger partial charge in [0.1, 0.15) is 0 Å². The number of alkyl halides is 2. The van der Waals surface area contributed by atoms with E-state index >= 15 is 0 Å². The highest BCUT2D eigenvalue weighted by Crippen LogP contribution is 2.16. The number of hydrogen-bond donors (Lipinski definition) is 1. The lowest BCUT2D eigenvalue weighted by Gasteiger charge is -2.27. The van der Waals surface area contributed by atoms with E-state index in [1.165, 1.54) is 0 Å². The molecule has 82 valence electrons. The molecule has 1 N–H and O–H groups in total. The van der Waals surface area contributed by atoms with E-state index in [1.807, 2.05) is 6.92 Å². The Morgan fingerprint density at radius 1 is 1.57 bits per heavy atom. The largest absolute Gasteiger partial charge is 0.381 e. The lowest BCUT2D eigenvalue weighted by atomic mass is 10.0. The number of rotatable bonds is 4. The van der Waals surface area contributed by atoms with Gasteiger partial charge in [0.2, 0.25) is 5.91 Å². The number of nitrogens with one attached hydrogen (secondary N) is 1. The van der Waals surface area contributed by atoms with Gasteiger partial charge in [-0.25, -0.2) is 0 Å². The van der Waals surface area contributed by atoms with Gasteiger partial charge in [-0.05, 0) is 13.3 Å². The standard InChI is InChI=1S/C9H15Br2NO2/c1-9(5-10,6-11)12-8(13)7-2-3-14-4-7/h7H,2-6H2,1H3,(H,12,13). The van der Waals surface area contributed by atoms with Crippen LogP contribution in [-0.4, -0.2) is 35.3 Å². The van der Waals surface area contributed by atoms with E-state index in [0.717, 1.165) is 17.1 Å². The minimum atomic E-state index is -0.209. The van der Waals surface area contributed by atoms with Crippen molar-refractivity contribution in [2.45, 2.75) is 18.9 Å². The predicted octanol–water partition coefficient (Wildman–Crippen LogP) is 1.69. The summed E-state index contributed by atoms with van der Waals surface area (Å²) in [5, 5.41) is 4.50. The van der Waals surface area contributed by atoms with Crippen LogP contribution in [-0.2, 0) is 9.53 Å². The average molecular weight is 329 g/mol. The van der Waals surface area contributed by atoms with E-state index in [-0.39, 0.29) is 17.4 Å². The molecule has 3 nitrogen and oxygen atoms in total. The van der Waals surface area contributed by atoms with Gasteiger partial charge in [0.25, 0.3) is 0 Å². The summed E-state index contributed by atoms with van der Waals surface area (Å²) in [7, 11) is 0. The van der Waals surface area contributed by atoms with Crippen molar-refractivity contribution in [3.8, 4) is 0 Å². The van der Waals surface area contributed by atoms with Gasteiger partial charge < -0.3 is 10.1 Å². The van der Waals surface area contributed by atoms with Gasteiger partial charge in [-0.2, -0.15) is 0 Å². The number of amides is 1. The van der Waals surface area contributed by atoms with Crippen LogP contribution in [0.3, 0.4) is 0 Å². The molecule has 1 unspecified atom stereocenters. The van der Waals surface area contributed by atoms with Gasteiger partial charge in [-0.1, -0.05) is 31.9 Å².